The second kappa shape index (κ2) is 9.44. The molecule has 3 nitrogen and oxygen atoms in total. The number of nitrogens with zero attached hydrogens (tertiary/aromatic N) is 1. The van der Waals surface area contributed by atoms with Crippen LogP contribution in [0.1, 0.15) is 27.7 Å². The number of likely N-dealkylation sites (N-methyl/N-ethyl adjacent to an activating group) is 2. The molecule has 0 rings (SSSR count). The van der Waals surface area contributed by atoms with Gasteiger partial charge in [-0.25, -0.2) is 0 Å². The van der Waals surface area contributed by atoms with E-state index in [1.165, 1.54) is 0 Å². The van der Waals surface area contributed by atoms with Crippen molar-refractivity contribution < 1.29 is 4.74 Å². The lowest BCUT2D eigenvalue weighted by Crippen LogP contribution is -2.41. The summed E-state index contributed by atoms with van der Waals surface area (Å²) in [6, 6.07) is 0.598. The van der Waals surface area contributed by atoms with Gasteiger partial charge in [-0.2, -0.15) is 0 Å². The van der Waals surface area contributed by atoms with E-state index in [1.54, 1.807) is 0 Å². The van der Waals surface area contributed by atoms with E-state index in [2.05, 4.69) is 31.0 Å². The third kappa shape index (κ3) is 6.35. The molecule has 0 heterocycles. The van der Waals surface area contributed by atoms with Crippen LogP contribution in [0, 0.1) is 0 Å². The van der Waals surface area contributed by atoms with Crippen LogP contribution in [0.4, 0.5) is 0 Å². The van der Waals surface area contributed by atoms with Gasteiger partial charge in [0.05, 0.1) is 6.61 Å². The Morgan fingerprint density at radius 1 is 1.29 bits per heavy atom. The van der Waals surface area contributed by atoms with E-state index in [0.717, 1.165) is 39.4 Å². The molecular formula is C11H26N2O. The second-order valence-electron chi connectivity index (χ2n) is 3.48. The van der Waals surface area contributed by atoms with Crippen LogP contribution in [0.3, 0.4) is 0 Å². The van der Waals surface area contributed by atoms with E-state index in [9.17, 15) is 0 Å². The van der Waals surface area contributed by atoms with Crippen molar-refractivity contribution >= 4 is 0 Å². The minimum atomic E-state index is 0.598. The van der Waals surface area contributed by atoms with Crippen molar-refractivity contribution in [2.75, 3.05) is 39.4 Å². The van der Waals surface area contributed by atoms with E-state index in [0.29, 0.717) is 6.04 Å². The highest BCUT2D eigenvalue weighted by molar-refractivity contribution is 4.67. The number of nitrogens with one attached hydrogen (secondary N) is 1. The van der Waals surface area contributed by atoms with E-state index >= 15 is 0 Å². The molecule has 1 atom stereocenters. The Hall–Kier alpha value is -0.120. The fraction of sp³-hybridized carbons (Fsp3) is 1.00. The summed E-state index contributed by atoms with van der Waals surface area (Å²) in [7, 11) is 0. The third-order valence-electron chi connectivity index (χ3n) is 2.45. The minimum Gasteiger partial charge on any atom is -0.380 e. The van der Waals surface area contributed by atoms with Crippen LogP contribution in [0.5, 0.6) is 0 Å². The Labute approximate surface area is 88.8 Å². The molecule has 0 bridgehead atoms. The molecule has 3 heteroatoms. The van der Waals surface area contributed by atoms with Crippen molar-refractivity contribution in [3.05, 3.63) is 0 Å². The summed E-state index contributed by atoms with van der Waals surface area (Å²) in [6.07, 6.45) is 0. The first-order valence-electron chi connectivity index (χ1n) is 5.78. The van der Waals surface area contributed by atoms with Crippen LogP contribution < -0.4 is 5.32 Å². The molecule has 0 amide bonds. The fourth-order valence-corrected chi connectivity index (χ4v) is 1.50. The van der Waals surface area contributed by atoms with Gasteiger partial charge in [0.2, 0.25) is 0 Å². The largest absolute Gasteiger partial charge is 0.380 e. The zero-order valence-corrected chi connectivity index (χ0v) is 10.2. The molecular weight excluding hydrogens is 176 g/mol. The van der Waals surface area contributed by atoms with Crippen LogP contribution in [-0.2, 0) is 4.74 Å². The van der Waals surface area contributed by atoms with Gasteiger partial charge in [0.1, 0.15) is 0 Å². The van der Waals surface area contributed by atoms with E-state index in [4.69, 9.17) is 4.74 Å². The fourth-order valence-electron chi connectivity index (χ4n) is 1.50. The number of ether oxygens (including phenoxy) is 1. The summed E-state index contributed by atoms with van der Waals surface area (Å²) >= 11 is 0. The minimum absolute atomic E-state index is 0.598. The predicted octanol–water partition coefficient (Wildman–Crippen LogP) is 1.34. The zero-order chi connectivity index (χ0) is 10.8. The molecule has 1 N–H and O–H groups in total. The molecule has 0 aromatic rings. The van der Waals surface area contributed by atoms with Crippen molar-refractivity contribution in [3.63, 3.8) is 0 Å². The van der Waals surface area contributed by atoms with Gasteiger partial charge in [-0.3, -0.25) is 4.90 Å². The highest BCUT2D eigenvalue weighted by Crippen LogP contribution is 1.97. The highest BCUT2D eigenvalue weighted by atomic mass is 16.5. The lowest BCUT2D eigenvalue weighted by atomic mass is 10.2. The standard InChI is InChI=1S/C11H26N2O/c1-5-12-10-11(4)13(6-2)8-9-14-7-3/h11-12H,5-10H2,1-4H3. The molecule has 0 aliphatic rings. The van der Waals surface area contributed by atoms with Crippen molar-refractivity contribution in [2.24, 2.45) is 0 Å². The SMILES string of the molecule is CCNCC(C)N(CC)CCOCC. The number of hydrogen-bond donors (Lipinski definition) is 1. The summed E-state index contributed by atoms with van der Waals surface area (Å²) in [6.45, 7) is 14.6. The van der Waals surface area contributed by atoms with Gasteiger partial charge in [0, 0.05) is 25.7 Å². The van der Waals surface area contributed by atoms with Crippen molar-refractivity contribution in [3.8, 4) is 0 Å². The van der Waals surface area contributed by atoms with Crippen LogP contribution in [0.15, 0.2) is 0 Å². The molecule has 0 spiro atoms. The second-order valence-corrected chi connectivity index (χ2v) is 3.48. The quantitative estimate of drug-likeness (QED) is 0.571. The topological polar surface area (TPSA) is 24.5 Å². The van der Waals surface area contributed by atoms with Crippen molar-refractivity contribution in [1.82, 2.24) is 10.2 Å². The van der Waals surface area contributed by atoms with Crippen molar-refractivity contribution in [1.29, 1.82) is 0 Å². The summed E-state index contributed by atoms with van der Waals surface area (Å²) in [4.78, 5) is 2.44. The average molecular weight is 202 g/mol. The van der Waals surface area contributed by atoms with Crippen molar-refractivity contribution in [2.45, 2.75) is 33.7 Å². The van der Waals surface area contributed by atoms with Crippen LogP contribution in [0.25, 0.3) is 0 Å². The molecule has 0 saturated carbocycles. The Kier molecular flexibility index (Phi) is 9.35. The Bertz CT molecular complexity index is 120. The van der Waals surface area contributed by atoms with Crippen LogP contribution in [0.2, 0.25) is 0 Å². The molecule has 0 saturated heterocycles. The first-order chi connectivity index (χ1) is 6.76. The average Bonchev–Trinajstić information content (AvgIpc) is 2.21. The normalized spacial score (nSPS) is 13.5. The van der Waals surface area contributed by atoms with Gasteiger partial charge >= 0.3 is 0 Å². The van der Waals surface area contributed by atoms with Gasteiger partial charge in [-0.1, -0.05) is 13.8 Å². The van der Waals surface area contributed by atoms with E-state index in [-0.39, 0.29) is 0 Å². The molecule has 86 valence electrons. The smallest absolute Gasteiger partial charge is 0.0593 e. The molecule has 0 aromatic heterocycles. The summed E-state index contributed by atoms with van der Waals surface area (Å²) in [5, 5.41) is 3.37. The Morgan fingerprint density at radius 3 is 2.50 bits per heavy atom. The molecule has 0 radical (unpaired) electrons. The van der Waals surface area contributed by atoms with E-state index in [1.807, 2.05) is 6.92 Å². The van der Waals surface area contributed by atoms with Gasteiger partial charge in [-0.15, -0.1) is 0 Å². The molecule has 1 unspecified atom stereocenters. The molecule has 14 heavy (non-hydrogen) atoms. The first-order valence-corrected chi connectivity index (χ1v) is 5.78. The third-order valence-corrected chi connectivity index (χ3v) is 2.45. The first kappa shape index (κ1) is 13.9. The Balaban J connectivity index is 3.62. The number of rotatable bonds is 9. The lowest BCUT2D eigenvalue weighted by Gasteiger charge is -2.27. The monoisotopic (exact) mass is 202 g/mol. The molecule has 0 aliphatic heterocycles. The predicted molar refractivity (Wildman–Crippen MR) is 61.7 cm³/mol. The van der Waals surface area contributed by atoms with Gasteiger partial charge < -0.3 is 10.1 Å². The lowest BCUT2D eigenvalue weighted by molar-refractivity contribution is 0.1000. The molecule has 0 aromatic carbocycles. The van der Waals surface area contributed by atoms with Crippen LogP contribution >= 0.6 is 0 Å². The Morgan fingerprint density at radius 2 is 2.00 bits per heavy atom. The number of hydrogen-bond acceptors (Lipinski definition) is 3. The van der Waals surface area contributed by atoms with Gasteiger partial charge in [-0.05, 0) is 26.9 Å². The maximum Gasteiger partial charge on any atom is 0.0593 e. The molecule has 0 aliphatic carbocycles. The highest BCUT2D eigenvalue weighted by Gasteiger charge is 2.10. The summed E-state index contributed by atoms with van der Waals surface area (Å²) in [5.74, 6) is 0. The summed E-state index contributed by atoms with van der Waals surface area (Å²) in [5.41, 5.74) is 0. The molecule has 0 fully saturated rings. The maximum atomic E-state index is 5.36. The maximum absolute atomic E-state index is 5.36. The van der Waals surface area contributed by atoms with Gasteiger partial charge in [0.25, 0.3) is 0 Å². The zero-order valence-electron chi connectivity index (χ0n) is 10.2. The van der Waals surface area contributed by atoms with E-state index < -0.39 is 0 Å². The van der Waals surface area contributed by atoms with Gasteiger partial charge in [0.15, 0.2) is 0 Å². The summed E-state index contributed by atoms with van der Waals surface area (Å²) < 4.78 is 5.36. The van der Waals surface area contributed by atoms with Crippen LogP contribution in [-0.4, -0.2) is 50.3 Å².